The zero-order valence-corrected chi connectivity index (χ0v) is 6.91. The third kappa shape index (κ3) is 2.38. The number of terminal acetylenes is 1. The Kier molecular flexibility index (Phi) is 4.05. The molecule has 0 aromatic rings. The summed E-state index contributed by atoms with van der Waals surface area (Å²) in [6.07, 6.45) is 7.91. The molecule has 0 spiro atoms. The van der Waals surface area contributed by atoms with Crippen LogP contribution in [0.5, 0.6) is 0 Å². The molecule has 0 aromatic carbocycles. The summed E-state index contributed by atoms with van der Waals surface area (Å²) in [6, 6.07) is 0. The summed E-state index contributed by atoms with van der Waals surface area (Å²) in [5.74, 6) is 1.45. The first kappa shape index (κ1) is 10.7. The fraction of sp³-hybridized carbons (Fsp3) is 0.375. The molecule has 0 fully saturated rings. The van der Waals surface area contributed by atoms with E-state index in [1.54, 1.807) is 0 Å². The van der Waals surface area contributed by atoms with Gasteiger partial charge in [-0.3, -0.25) is 0 Å². The number of carbonyl (C=O) groups excluding carboxylic acids is 1. The Morgan fingerprint density at radius 1 is 1.83 bits per heavy atom. The lowest BCUT2D eigenvalue weighted by atomic mass is 10.0. The summed E-state index contributed by atoms with van der Waals surface area (Å²) in [4.78, 5) is 11.0. The van der Waals surface area contributed by atoms with E-state index in [0.29, 0.717) is 0 Å². The average molecular weight is 168 g/mol. The van der Waals surface area contributed by atoms with Gasteiger partial charge in [0.2, 0.25) is 0 Å². The highest BCUT2D eigenvalue weighted by Gasteiger charge is 2.29. The monoisotopic (exact) mass is 168 g/mol. The van der Waals surface area contributed by atoms with E-state index < -0.39 is 11.5 Å². The van der Waals surface area contributed by atoms with Crippen LogP contribution in [0, 0.1) is 12.3 Å². The topological polar surface area (TPSA) is 78.3 Å². The number of carbonyl (C=O) groups is 1. The quantitative estimate of drug-likeness (QED) is 0.322. The molecule has 0 aromatic heterocycles. The van der Waals surface area contributed by atoms with Crippen LogP contribution in [0.15, 0.2) is 12.2 Å². The van der Waals surface area contributed by atoms with Crippen LogP contribution in [0.2, 0.25) is 0 Å². The molecule has 66 valence electrons. The molecular weight excluding hydrogens is 156 g/mol. The number of hydrogen-bond donors (Lipinski definition) is 2. The maximum absolute atomic E-state index is 11.0. The molecule has 4 nitrogen and oxygen atoms in total. The fourth-order valence-electron chi connectivity index (χ4n) is 0.598. The van der Waals surface area contributed by atoms with Gasteiger partial charge in [-0.25, -0.2) is 4.79 Å². The van der Waals surface area contributed by atoms with Crippen LogP contribution in [0.1, 0.15) is 0 Å². The van der Waals surface area contributed by atoms with Crippen molar-refractivity contribution in [1.29, 1.82) is 0 Å². The van der Waals surface area contributed by atoms with Crippen LogP contribution in [0.3, 0.4) is 0 Å². The van der Waals surface area contributed by atoms with E-state index in [2.05, 4.69) is 10.7 Å². The summed E-state index contributed by atoms with van der Waals surface area (Å²) in [5.41, 5.74) is 9.16. The minimum absolute atomic E-state index is 0.275. The summed E-state index contributed by atoms with van der Waals surface area (Å²) < 4.78 is 4.40. The van der Waals surface area contributed by atoms with Crippen molar-refractivity contribution < 1.29 is 9.53 Å². The molecular formula is C8H12N2O2. The Labute approximate surface area is 71.6 Å². The molecule has 0 aliphatic rings. The Morgan fingerprint density at radius 3 is 2.75 bits per heavy atom. The number of nitrogens with two attached hydrogens (primary N) is 2. The Morgan fingerprint density at radius 2 is 2.42 bits per heavy atom. The molecule has 1 atom stereocenters. The molecule has 1 unspecified atom stereocenters. The van der Waals surface area contributed by atoms with Crippen LogP contribution in [-0.2, 0) is 9.53 Å². The maximum Gasteiger partial charge on any atom is 0.342 e. The molecule has 0 heterocycles. The zero-order chi connectivity index (χ0) is 9.61. The third-order valence-electron chi connectivity index (χ3n) is 1.28. The van der Waals surface area contributed by atoms with Crippen LogP contribution < -0.4 is 11.5 Å². The highest BCUT2D eigenvalue weighted by atomic mass is 16.5. The van der Waals surface area contributed by atoms with E-state index in [4.69, 9.17) is 17.9 Å². The van der Waals surface area contributed by atoms with Crippen LogP contribution in [0.4, 0.5) is 0 Å². The molecule has 0 aliphatic heterocycles. The molecule has 4 heteroatoms. The standard InChI is InChI=1S/C8H12N2O2/c1-3-8(10,5-4-6-9)7(11)12-2/h1,4-5H,6,9-10H2,2H3. The van der Waals surface area contributed by atoms with Crippen molar-refractivity contribution in [3.8, 4) is 12.3 Å². The maximum atomic E-state index is 11.0. The first-order valence-electron chi connectivity index (χ1n) is 3.33. The highest BCUT2D eigenvalue weighted by Crippen LogP contribution is 2.03. The van der Waals surface area contributed by atoms with Crippen molar-refractivity contribution in [3.05, 3.63) is 12.2 Å². The number of rotatable bonds is 3. The molecule has 12 heavy (non-hydrogen) atoms. The second-order valence-corrected chi connectivity index (χ2v) is 2.14. The van der Waals surface area contributed by atoms with Gasteiger partial charge < -0.3 is 16.2 Å². The van der Waals surface area contributed by atoms with Gasteiger partial charge in [-0.15, -0.1) is 6.42 Å². The van der Waals surface area contributed by atoms with Crippen molar-refractivity contribution in [3.63, 3.8) is 0 Å². The lowest BCUT2D eigenvalue weighted by molar-refractivity contribution is -0.143. The smallest absolute Gasteiger partial charge is 0.342 e. The fourth-order valence-corrected chi connectivity index (χ4v) is 0.598. The minimum Gasteiger partial charge on any atom is -0.467 e. The van der Waals surface area contributed by atoms with E-state index >= 15 is 0 Å². The second-order valence-electron chi connectivity index (χ2n) is 2.14. The molecule has 0 aliphatic carbocycles. The molecule has 0 rings (SSSR count). The molecule has 0 amide bonds. The van der Waals surface area contributed by atoms with Crippen molar-refractivity contribution in [2.45, 2.75) is 5.54 Å². The van der Waals surface area contributed by atoms with Crippen molar-refractivity contribution in [1.82, 2.24) is 0 Å². The predicted molar refractivity (Wildman–Crippen MR) is 46.0 cm³/mol. The normalized spacial score (nSPS) is 15.2. The molecule has 0 bridgehead atoms. The second kappa shape index (κ2) is 4.54. The number of methoxy groups -OCH3 is 1. The zero-order valence-electron chi connectivity index (χ0n) is 6.91. The molecule has 0 saturated carbocycles. The van der Waals surface area contributed by atoms with Gasteiger partial charge in [-0.05, 0) is 6.08 Å². The van der Waals surface area contributed by atoms with Crippen LogP contribution in [0.25, 0.3) is 0 Å². The van der Waals surface area contributed by atoms with Gasteiger partial charge in [0.05, 0.1) is 7.11 Å². The Balaban J connectivity index is 4.59. The van der Waals surface area contributed by atoms with Gasteiger partial charge in [0.25, 0.3) is 0 Å². The molecule has 0 saturated heterocycles. The van der Waals surface area contributed by atoms with Gasteiger partial charge in [-0.1, -0.05) is 12.0 Å². The largest absolute Gasteiger partial charge is 0.467 e. The lowest BCUT2D eigenvalue weighted by Crippen LogP contribution is -2.45. The summed E-state index contributed by atoms with van der Waals surface area (Å²) in [6.45, 7) is 0.275. The van der Waals surface area contributed by atoms with E-state index in [1.807, 2.05) is 0 Å². The van der Waals surface area contributed by atoms with Gasteiger partial charge >= 0.3 is 5.97 Å². The Hall–Kier alpha value is -1.31. The van der Waals surface area contributed by atoms with Gasteiger partial charge in [0.1, 0.15) is 0 Å². The van der Waals surface area contributed by atoms with E-state index in [1.165, 1.54) is 19.3 Å². The third-order valence-corrected chi connectivity index (χ3v) is 1.28. The first-order chi connectivity index (χ1) is 5.60. The van der Waals surface area contributed by atoms with Gasteiger partial charge in [0.15, 0.2) is 5.54 Å². The summed E-state index contributed by atoms with van der Waals surface area (Å²) >= 11 is 0. The predicted octanol–water partition coefficient (Wildman–Crippen LogP) is -0.995. The number of ether oxygens (including phenoxy) is 1. The van der Waals surface area contributed by atoms with Crippen LogP contribution >= 0.6 is 0 Å². The number of hydrogen-bond acceptors (Lipinski definition) is 4. The first-order valence-corrected chi connectivity index (χ1v) is 3.33. The van der Waals surface area contributed by atoms with Gasteiger partial charge in [0, 0.05) is 6.54 Å². The van der Waals surface area contributed by atoms with Crippen molar-refractivity contribution in [2.24, 2.45) is 11.5 Å². The van der Waals surface area contributed by atoms with Crippen LogP contribution in [-0.4, -0.2) is 25.2 Å². The lowest BCUT2D eigenvalue weighted by Gasteiger charge is -2.15. The van der Waals surface area contributed by atoms with E-state index in [9.17, 15) is 4.79 Å². The van der Waals surface area contributed by atoms with E-state index in [0.717, 1.165) is 0 Å². The highest BCUT2D eigenvalue weighted by molar-refractivity contribution is 5.87. The molecule has 4 N–H and O–H groups in total. The molecule has 0 radical (unpaired) electrons. The van der Waals surface area contributed by atoms with Crippen molar-refractivity contribution in [2.75, 3.05) is 13.7 Å². The summed E-state index contributed by atoms with van der Waals surface area (Å²) in [5, 5.41) is 0. The Bertz CT molecular complexity index is 230. The minimum atomic E-state index is -1.49. The SMILES string of the molecule is C#CC(N)(C=CCN)C(=O)OC. The van der Waals surface area contributed by atoms with E-state index in [-0.39, 0.29) is 6.54 Å². The average Bonchev–Trinajstić information content (AvgIpc) is 2.12. The summed E-state index contributed by atoms with van der Waals surface area (Å²) in [7, 11) is 1.22. The number of esters is 1. The van der Waals surface area contributed by atoms with Gasteiger partial charge in [-0.2, -0.15) is 0 Å². The van der Waals surface area contributed by atoms with Crippen molar-refractivity contribution >= 4 is 5.97 Å².